The molecule has 0 atom stereocenters. The number of benzene rings is 1. The maximum absolute atomic E-state index is 13.1. The Labute approximate surface area is 84.3 Å². The molecule has 15 heavy (non-hydrogen) atoms. The molecule has 1 aromatic rings. The quantitative estimate of drug-likeness (QED) is 0.688. The van der Waals surface area contributed by atoms with Crippen LogP contribution in [0.3, 0.4) is 0 Å². The summed E-state index contributed by atoms with van der Waals surface area (Å²) < 4.78 is 25.9. The number of hydrogen-bond donors (Lipinski definition) is 1. The van der Waals surface area contributed by atoms with E-state index in [0.717, 1.165) is 25.2 Å². The summed E-state index contributed by atoms with van der Waals surface area (Å²) >= 11 is 0. The standard InChI is InChI=1S/C9H8F2N2O2/c1-13(9(15)8(12)14)7-4-5(10)2-3-6(7)11/h2-4H,1H3,(H2,12,14). The molecule has 0 saturated heterocycles. The largest absolute Gasteiger partial charge is 0.361 e. The number of primary amides is 1. The van der Waals surface area contributed by atoms with Crippen LogP contribution in [0, 0.1) is 11.6 Å². The number of hydrogen-bond acceptors (Lipinski definition) is 2. The van der Waals surface area contributed by atoms with E-state index in [4.69, 9.17) is 5.73 Å². The van der Waals surface area contributed by atoms with Crippen LogP contribution >= 0.6 is 0 Å². The summed E-state index contributed by atoms with van der Waals surface area (Å²) in [4.78, 5) is 22.2. The molecule has 0 spiro atoms. The second-order valence-corrected chi connectivity index (χ2v) is 2.82. The molecule has 0 unspecified atom stereocenters. The zero-order valence-corrected chi connectivity index (χ0v) is 7.83. The molecule has 2 amide bonds. The Hall–Kier alpha value is -1.98. The number of amides is 2. The third-order valence-electron chi connectivity index (χ3n) is 1.78. The maximum atomic E-state index is 13.1. The highest BCUT2D eigenvalue weighted by Crippen LogP contribution is 2.19. The summed E-state index contributed by atoms with van der Waals surface area (Å²) in [5.74, 6) is -3.87. The molecule has 0 aromatic heterocycles. The van der Waals surface area contributed by atoms with Crippen LogP contribution in [-0.2, 0) is 9.59 Å². The van der Waals surface area contributed by atoms with Gasteiger partial charge in [-0.3, -0.25) is 9.59 Å². The van der Waals surface area contributed by atoms with Gasteiger partial charge in [-0.25, -0.2) is 8.78 Å². The lowest BCUT2D eigenvalue weighted by Crippen LogP contribution is -2.38. The second kappa shape index (κ2) is 4.04. The smallest absolute Gasteiger partial charge is 0.315 e. The Morgan fingerprint density at radius 2 is 1.93 bits per heavy atom. The first kappa shape index (κ1) is 11.1. The van der Waals surface area contributed by atoms with Crippen molar-refractivity contribution in [3.05, 3.63) is 29.8 Å². The van der Waals surface area contributed by atoms with Crippen LogP contribution in [0.4, 0.5) is 14.5 Å². The van der Waals surface area contributed by atoms with Gasteiger partial charge in [0.25, 0.3) is 0 Å². The normalized spacial score (nSPS) is 9.80. The highest BCUT2D eigenvalue weighted by atomic mass is 19.1. The van der Waals surface area contributed by atoms with Crippen LogP contribution < -0.4 is 10.6 Å². The highest BCUT2D eigenvalue weighted by Gasteiger charge is 2.19. The van der Waals surface area contributed by atoms with Crippen LogP contribution in [0.5, 0.6) is 0 Å². The zero-order chi connectivity index (χ0) is 11.6. The van der Waals surface area contributed by atoms with E-state index >= 15 is 0 Å². The summed E-state index contributed by atoms with van der Waals surface area (Å²) in [6.45, 7) is 0. The molecule has 1 rings (SSSR count). The van der Waals surface area contributed by atoms with E-state index in [-0.39, 0.29) is 5.69 Å². The fourth-order valence-electron chi connectivity index (χ4n) is 1.02. The van der Waals surface area contributed by atoms with Crippen LogP contribution in [0.2, 0.25) is 0 Å². The Kier molecular flexibility index (Phi) is 2.99. The summed E-state index contributed by atoms with van der Waals surface area (Å²) in [5, 5.41) is 0. The molecule has 0 bridgehead atoms. The summed E-state index contributed by atoms with van der Waals surface area (Å²) in [6, 6.07) is 2.56. The van der Waals surface area contributed by atoms with E-state index in [1.165, 1.54) is 0 Å². The number of anilines is 1. The molecule has 2 N–H and O–H groups in total. The van der Waals surface area contributed by atoms with Gasteiger partial charge < -0.3 is 10.6 Å². The highest BCUT2D eigenvalue weighted by molar-refractivity contribution is 6.39. The van der Waals surface area contributed by atoms with E-state index in [1.807, 2.05) is 0 Å². The Morgan fingerprint density at radius 3 is 2.47 bits per heavy atom. The average Bonchev–Trinajstić information content (AvgIpc) is 2.19. The molecular formula is C9H8F2N2O2. The topological polar surface area (TPSA) is 63.4 Å². The van der Waals surface area contributed by atoms with Crippen LogP contribution in [0.25, 0.3) is 0 Å². The van der Waals surface area contributed by atoms with Gasteiger partial charge in [-0.05, 0) is 12.1 Å². The molecule has 80 valence electrons. The zero-order valence-electron chi connectivity index (χ0n) is 7.83. The predicted molar refractivity (Wildman–Crippen MR) is 49.0 cm³/mol. The molecule has 0 fully saturated rings. The first-order chi connectivity index (χ1) is 6.93. The van der Waals surface area contributed by atoms with Crippen LogP contribution in [0.1, 0.15) is 0 Å². The maximum Gasteiger partial charge on any atom is 0.315 e. The van der Waals surface area contributed by atoms with Crippen molar-refractivity contribution in [1.29, 1.82) is 0 Å². The van der Waals surface area contributed by atoms with Gasteiger partial charge in [0.2, 0.25) is 0 Å². The Bertz CT molecular complexity index is 421. The number of nitrogens with zero attached hydrogens (tertiary/aromatic N) is 1. The monoisotopic (exact) mass is 214 g/mol. The molecule has 4 nitrogen and oxygen atoms in total. The fourth-order valence-corrected chi connectivity index (χ4v) is 1.02. The van der Waals surface area contributed by atoms with Crippen molar-refractivity contribution in [3.63, 3.8) is 0 Å². The van der Waals surface area contributed by atoms with Crippen molar-refractivity contribution >= 4 is 17.5 Å². The minimum absolute atomic E-state index is 0.334. The lowest BCUT2D eigenvalue weighted by atomic mass is 10.2. The van der Waals surface area contributed by atoms with Gasteiger partial charge in [-0.2, -0.15) is 0 Å². The average molecular weight is 214 g/mol. The van der Waals surface area contributed by atoms with Gasteiger partial charge in [0, 0.05) is 13.1 Å². The van der Waals surface area contributed by atoms with E-state index in [2.05, 4.69) is 0 Å². The van der Waals surface area contributed by atoms with Gasteiger partial charge in [0.15, 0.2) is 0 Å². The molecule has 0 saturated carbocycles. The van der Waals surface area contributed by atoms with Crippen molar-refractivity contribution in [2.75, 3.05) is 11.9 Å². The van der Waals surface area contributed by atoms with Gasteiger partial charge >= 0.3 is 11.8 Å². The molecule has 1 aromatic carbocycles. The van der Waals surface area contributed by atoms with Gasteiger partial charge in [-0.15, -0.1) is 0 Å². The predicted octanol–water partition coefficient (Wildman–Crippen LogP) is 0.413. The third kappa shape index (κ3) is 2.28. The Balaban J connectivity index is 3.10. The summed E-state index contributed by atoms with van der Waals surface area (Å²) in [6.07, 6.45) is 0. The first-order valence-corrected chi connectivity index (χ1v) is 3.96. The molecule has 0 aliphatic rings. The molecular weight excluding hydrogens is 206 g/mol. The molecule has 6 heteroatoms. The van der Waals surface area contributed by atoms with Crippen molar-refractivity contribution in [3.8, 4) is 0 Å². The number of rotatable bonds is 1. The fraction of sp³-hybridized carbons (Fsp3) is 0.111. The second-order valence-electron chi connectivity index (χ2n) is 2.82. The van der Waals surface area contributed by atoms with E-state index in [0.29, 0.717) is 4.90 Å². The van der Waals surface area contributed by atoms with E-state index in [1.54, 1.807) is 0 Å². The van der Waals surface area contributed by atoms with Crippen molar-refractivity contribution in [2.45, 2.75) is 0 Å². The number of halogens is 2. The van der Waals surface area contributed by atoms with Crippen molar-refractivity contribution in [1.82, 2.24) is 0 Å². The lowest BCUT2D eigenvalue weighted by Gasteiger charge is -2.15. The summed E-state index contributed by atoms with van der Waals surface area (Å²) in [5.41, 5.74) is 4.38. The SMILES string of the molecule is CN(C(=O)C(N)=O)c1cc(F)ccc1F. The first-order valence-electron chi connectivity index (χ1n) is 3.96. The van der Waals surface area contributed by atoms with Crippen LogP contribution in [0.15, 0.2) is 18.2 Å². The molecule has 0 aliphatic heterocycles. The molecule has 0 heterocycles. The van der Waals surface area contributed by atoms with Crippen molar-refractivity contribution in [2.24, 2.45) is 5.73 Å². The minimum Gasteiger partial charge on any atom is -0.361 e. The van der Waals surface area contributed by atoms with E-state index < -0.39 is 23.4 Å². The number of likely N-dealkylation sites (N-methyl/N-ethyl adjacent to an activating group) is 1. The number of nitrogens with two attached hydrogens (primary N) is 1. The number of carbonyl (C=O) groups excluding carboxylic acids is 2. The summed E-state index contributed by atoms with van der Waals surface area (Å²) in [7, 11) is 1.13. The van der Waals surface area contributed by atoms with Crippen molar-refractivity contribution < 1.29 is 18.4 Å². The lowest BCUT2D eigenvalue weighted by molar-refractivity contribution is -0.135. The molecule has 0 aliphatic carbocycles. The van der Waals surface area contributed by atoms with Gasteiger partial charge in [0.05, 0.1) is 5.69 Å². The molecule has 0 radical (unpaired) electrons. The van der Waals surface area contributed by atoms with Crippen LogP contribution in [-0.4, -0.2) is 18.9 Å². The Morgan fingerprint density at radius 1 is 1.33 bits per heavy atom. The number of carbonyl (C=O) groups is 2. The van der Waals surface area contributed by atoms with E-state index in [9.17, 15) is 18.4 Å². The van der Waals surface area contributed by atoms with Gasteiger partial charge in [0.1, 0.15) is 11.6 Å². The minimum atomic E-state index is -1.24. The third-order valence-corrected chi connectivity index (χ3v) is 1.78. The van der Waals surface area contributed by atoms with Gasteiger partial charge in [-0.1, -0.05) is 0 Å².